The van der Waals surface area contributed by atoms with Crippen molar-refractivity contribution in [3.05, 3.63) is 48.6 Å². The summed E-state index contributed by atoms with van der Waals surface area (Å²) in [6, 6.07) is -0.909. The summed E-state index contributed by atoms with van der Waals surface area (Å²) in [5.41, 5.74) is 0. The van der Waals surface area contributed by atoms with E-state index >= 15 is 0 Å². The van der Waals surface area contributed by atoms with Gasteiger partial charge in [0.15, 0.2) is 0 Å². The third kappa shape index (κ3) is 54.2. The predicted molar refractivity (Wildman–Crippen MR) is 302 cm³/mol. The van der Waals surface area contributed by atoms with E-state index in [4.69, 9.17) is 9.05 Å². The van der Waals surface area contributed by atoms with Crippen LogP contribution in [-0.4, -0.2) is 68.5 Å². The summed E-state index contributed by atoms with van der Waals surface area (Å²) < 4.78 is 23.3. The van der Waals surface area contributed by atoms with Crippen molar-refractivity contribution >= 4 is 13.7 Å². The van der Waals surface area contributed by atoms with Gasteiger partial charge in [0.1, 0.15) is 13.2 Å². The van der Waals surface area contributed by atoms with Crippen LogP contribution in [0.3, 0.4) is 0 Å². The Bertz CT molecular complexity index is 1280. The number of carbonyl (C=O) groups is 1. The van der Waals surface area contributed by atoms with Gasteiger partial charge in [-0.2, -0.15) is 0 Å². The van der Waals surface area contributed by atoms with E-state index in [0.717, 1.165) is 57.8 Å². The molecule has 0 saturated carbocycles. The van der Waals surface area contributed by atoms with E-state index < -0.39 is 26.6 Å². The molecule has 0 fully saturated rings. The molecule has 0 aliphatic rings. The number of hydrogen-bond acceptors (Lipinski definition) is 6. The number of aliphatic hydroxyl groups excluding tert-OH is 1. The highest BCUT2D eigenvalue weighted by Crippen LogP contribution is 2.38. The van der Waals surface area contributed by atoms with Crippen molar-refractivity contribution in [1.82, 2.24) is 5.32 Å². The molecule has 0 saturated heterocycles. The Balaban J connectivity index is 4.18. The van der Waals surface area contributed by atoms with Gasteiger partial charge in [-0.1, -0.05) is 262 Å². The SMILES string of the molecule is CCCCCC/C=C\C/C=C\CCCCCCCCCC(=O)NC(COP(=O)([O-])OCC[N+](C)(C)C)C(O)/C=C/CC/C=C/CCCCCCCCCCCCCCCCCCCCCCCCCC. The summed E-state index contributed by atoms with van der Waals surface area (Å²) in [7, 11) is 1.24. The zero-order valence-corrected chi connectivity index (χ0v) is 47.9. The molecule has 3 unspecified atom stereocenters. The molecular weight excluding hydrogens is 888 g/mol. The van der Waals surface area contributed by atoms with Gasteiger partial charge in [0.05, 0.1) is 39.9 Å². The minimum Gasteiger partial charge on any atom is -0.756 e. The maximum atomic E-state index is 12.9. The van der Waals surface area contributed by atoms with Crippen LogP contribution in [0.1, 0.15) is 284 Å². The molecule has 0 spiro atoms. The maximum Gasteiger partial charge on any atom is 0.268 e. The summed E-state index contributed by atoms with van der Waals surface area (Å²) in [6.45, 7) is 4.63. The normalized spacial score (nSPS) is 14.2. The zero-order chi connectivity index (χ0) is 51.3. The summed E-state index contributed by atoms with van der Waals surface area (Å²) in [5, 5.41) is 13.9. The fraction of sp³-hybridized carbons (Fsp3) is 0.852. The lowest BCUT2D eigenvalue weighted by Crippen LogP contribution is -2.45. The van der Waals surface area contributed by atoms with E-state index in [-0.39, 0.29) is 12.5 Å². The van der Waals surface area contributed by atoms with Crippen LogP contribution in [0.15, 0.2) is 48.6 Å². The van der Waals surface area contributed by atoms with Gasteiger partial charge in [0.25, 0.3) is 7.82 Å². The highest BCUT2D eigenvalue weighted by Gasteiger charge is 2.23. The second kappa shape index (κ2) is 52.3. The largest absolute Gasteiger partial charge is 0.756 e. The van der Waals surface area contributed by atoms with Crippen molar-refractivity contribution in [1.29, 1.82) is 0 Å². The zero-order valence-electron chi connectivity index (χ0n) is 47.0. The molecule has 0 aliphatic carbocycles. The van der Waals surface area contributed by atoms with Gasteiger partial charge in [-0.3, -0.25) is 9.36 Å². The minimum absolute atomic E-state index is 0.00876. The molecule has 412 valence electrons. The molecule has 8 nitrogen and oxygen atoms in total. The number of carbonyl (C=O) groups excluding carboxylic acids is 1. The molecule has 0 rings (SSSR count). The first-order valence-corrected chi connectivity index (χ1v) is 31.5. The smallest absolute Gasteiger partial charge is 0.268 e. The van der Waals surface area contributed by atoms with Gasteiger partial charge in [-0.25, -0.2) is 0 Å². The number of quaternary nitrogens is 1. The number of rotatable bonds is 55. The molecule has 0 aliphatic heterocycles. The molecule has 1 amide bonds. The summed E-state index contributed by atoms with van der Waals surface area (Å²) in [4.78, 5) is 25.5. The van der Waals surface area contributed by atoms with Gasteiger partial charge in [-0.05, 0) is 64.2 Å². The molecule has 3 atom stereocenters. The van der Waals surface area contributed by atoms with Gasteiger partial charge >= 0.3 is 0 Å². The fourth-order valence-electron chi connectivity index (χ4n) is 8.79. The van der Waals surface area contributed by atoms with E-state index in [0.29, 0.717) is 17.4 Å². The Morgan fingerprint density at radius 1 is 0.500 bits per heavy atom. The first-order chi connectivity index (χ1) is 34.0. The predicted octanol–water partition coefficient (Wildman–Crippen LogP) is 17.7. The Labute approximate surface area is 435 Å². The molecule has 70 heavy (non-hydrogen) atoms. The first kappa shape index (κ1) is 68.5. The summed E-state index contributed by atoms with van der Waals surface area (Å²) in [6.07, 6.45) is 69.2. The average Bonchev–Trinajstić information content (AvgIpc) is 3.32. The number of unbranched alkanes of at least 4 members (excludes halogenated alkanes) is 36. The molecule has 9 heteroatoms. The molecule has 0 heterocycles. The van der Waals surface area contributed by atoms with Crippen molar-refractivity contribution in [2.75, 3.05) is 40.9 Å². The minimum atomic E-state index is -4.61. The fourth-order valence-corrected chi connectivity index (χ4v) is 9.51. The molecule has 0 radical (unpaired) electrons. The lowest BCUT2D eigenvalue weighted by Gasteiger charge is -2.29. The third-order valence-corrected chi connectivity index (χ3v) is 14.5. The highest BCUT2D eigenvalue weighted by atomic mass is 31.2. The van der Waals surface area contributed by atoms with E-state index in [1.54, 1.807) is 6.08 Å². The van der Waals surface area contributed by atoms with Crippen LogP contribution in [0.2, 0.25) is 0 Å². The van der Waals surface area contributed by atoms with Crippen LogP contribution in [0.5, 0.6) is 0 Å². The lowest BCUT2D eigenvalue weighted by atomic mass is 10.0. The Hall–Kier alpha value is -1.54. The number of hydrogen-bond donors (Lipinski definition) is 2. The van der Waals surface area contributed by atoms with Gasteiger partial charge in [0.2, 0.25) is 5.91 Å². The van der Waals surface area contributed by atoms with Gasteiger partial charge in [0, 0.05) is 6.42 Å². The van der Waals surface area contributed by atoms with E-state index in [2.05, 4.69) is 55.6 Å². The van der Waals surface area contributed by atoms with Crippen LogP contribution in [0.25, 0.3) is 0 Å². The molecular formula is C61H117N2O6P. The van der Waals surface area contributed by atoms with Gasteiger partial charge in [-0.15, -0.1) is 0 Å². The summed E-state index contributed by atoms with van der Waals surface area (Å²) in [5.74, 6) is -0.213. The topological polar surface area (TPSA) is 108 Å². The highest BCUT2D eigenvalue weighted by molar-refractivity contribution is 7.45. The van der Waals surface area contributed by atoms with E-state index in [1.165, 1.54) is 205 Å². The average molecular weight is 1010 g/mol. The number of amides is 1. The molecule has 2 N–H and O–H groups in total. The van der Waals surface area contributed by atoms with Crippen molar-refractivity contribution in [3.63, 3.8) is 0 Å². The molecule has 0 aromatic rings. The van der Waals surface area contributed by atoms with Crippen molar-refractivity contribution in [2.24, 2.45) is 0 Å². The number of likely N-dealkylation sites (N-methyl/N-ethyl adjacent to an activating group) is 1. The molecule has 0 aromatic heterocycles. The van der Waals surface area contributed by atoms with Crippen molar-refractivity contribution in [2.45, 2.75) is 296 Å². The summed E-state index contributed by atoms with van der Waals surface area (Å²) >= 11 is 0. The molecule has 0 bridgehead atoms. The Kier molecular flexibility index (Phi) is 51.2. The standard InChI is InChI=1S/C61H117N2O6P/c1-6-8-10-12-14-16-18-20-22-24-26-27-28-29-30-31-32-33-34-35-36-37-38-40-42-44-46-48-50-52-54-60(64)59(58-69-70(66,67)68-57-56-63(3,4)5)62-61(65)55-53-51-49-47-45-43-41-39-25-23-21-19-17-15-13-11-9-7-2/h17,19,23,25,44,46,52,54,59-60,64H,6-16,18,20-22,24,26-43,45,47-51,53,55-58H2,1-5H3,(H-,62,65,66,67)/b19-17-,25-23-,46-44+,54-52+. The van der Waals surface area contributed by atoms with Crippen LogP contribution >= 0.6 is 7.82 Å². The number of phosphoric ester groups is 1. The second-order valence-corrected chi connectivity index (χ2v) is 23.1. The van der Waals surface area contributed by atoms with Crippen molar-refractivity contribution < 1.29 is 32.9 Å². The van der Waals surface area contributed by atoms with E-state index in [9.17, 15) is 19.4 Å². The van der Waals surface area contributed by atoms with Crippen LogP contribution in [0.4, 0.5) is 0 Å². The molecule has 0 aromatic carbocycles. The lowest BCUT2D eigenvalue weighted by molar-refractivity contribution is -0.870. The number of allylic oxidation sites excluding steroid dienone is 7. The second-order valence-electron chi connectivity index (χ2n) is 21.7. The van der Waals surface area contributed by atoms with Gasteiger partial charge < -0.3 is 28.8 Å². The number of aliphatic hydroxyl groups is 1. The van der Waals surface area contributed by atoms with E-state index in [1.807, 2.05) is 27.2 Å². The Morgan fingerprint density at radius 3 is 1.26 bits per heavy atom. The van der Waals surface area contributed by atoms with Crippen molar-refractivity contribution in [3.8, 4) is 0 Å². The monoisotopic (exact) mass is 1000 g/mol. The number of phosphoric acid groups is 1. The Morgan fingerprint density at radius 2 is 0.843 bits per heavy atom. The maximum absolute atomic E-state index is 12.9. The third-order valence-electron chi connectivity index (χ3n) is 13.5. The number of nitrogens with one attached hydrogen (secondary N) is 1. The van der Waals surface area contributed by atoms with Crippen LogP contribution < -0.4 is 10.2 Å². The van der Waals surface area contributed by atoms with Crippen LogP contribution in [-0.2, 0) is 18.4 Å². The first-order valence-electron chi connectivity index (χ1n) is 30.0. The van der Waals surface area contributed by atoms with Crippen LogP contribution in [0, 0.1) is 0 Å². The quantitative estimate of drug-likeness (QED) is 0.0272. The number of nitrogens with zero attached hydrogens (tertiary/aromatic N) is 1.